The Kier molecular flexibility index (Phi) is 8.15. The zero-order valence-corrected chi connectivity index (χ0v) is 20.0. The zero-order chi connectivity index (χ0) is 23.1. The third kappa shape index (κ3) is 5.61. The normalized spacial score (nSPS) is 14.4. The molecule has 0 atom stereocenters. The average Bonchev–Trinajstić information content (AvgIpc) is 2.80. The van der Waals surface area contributed by atoms with Gasteiger partial charge in [-0.1, -0.05) is 26.0 Å². The smallest absolute Gasteiger partial charge is 0.243 e. The van der Waals surface area contributed by atoms with Crippen molar-refractivity contribution in [3.63, 3.8) is 0 Å². The van der Waals surface area contributed by atoms with Gasteiger partial charge in [0, 0.05) is 26.2 Å². The van der Waals surface area contributed by atoms with Gasteiger partial charge in [0.1, 0.15) is 5.75 Å². The highest BCUT2D eigenvalue weighted by Gasteiger charge is 2.24. The molecule has 8 heteroatoms. The molecular formula is C24H33N3O4S. The fraction of sp³-hybridized carbons (Fsp3) is 0.458. The first-order valence-electron chi connectivity index (χ1n) is 11.2. The van der Waals surface area contributed by atoms with Crippen LogP contribution in [0.2, 0.25) is 0 Å². The van der Waals surface area contributed by atoms with E-state index in [0.717, 1.165) is 42.9 Å². The third-order valence-corrected chi connectivity index (χ3v) is 7.85. The molecule has 2 aromatic carbocycles. The lowest BCUT2D eigenvalue weighted by atomic mass is 10.1. The quantitative estimate of drug-likeness (QED) is 0.615. The summed E-state index contributed by atoms with van der Waals surface area (Å²) >= 11 is 0. The van der Waals surface area contributed by atoms with E-state index in [1.54, 1.807) is 19.2 Å². The minimum absolute atomic E-state index is 0.189. The Morgan fingerprint density at radius 3 is 2.28 bits per heavy atom. The Bertz CT molecular complexity index is 1010. The number of hydrogen-bond acceptors (Lipinski definition) is 5. The Morgan fingerprint density at radius 2 is 1.69 bits per heavy atom. The lowest BCUT2D eigenvalue weighted by Gasteiger charge is -2.31. The molecule has 1 N–H and O–H groups in total. The van der Waals surface area contributed by atoms with E-state index in [4.69, 9.17) is 4.74 Å². The lowest BCUT2D eigenvalue weighted by molar-refractivity contribution is -0.115. The van der Waals surface area contributed by atoms with Crippen molar-refractivity contribution in [2.75, 3.05) is 43.5 Å². The minimum Gasteiger partial charge on any atom is -0.497 e. The van der Waals surface area contributed by atoms with Crippen LogP contribution in [0.1, 0.15) is 38.7 Å². The minimum atomic E-state index is -3.62. The van der Waals surface area contributed by atoms with Crippen LogP contribution < -0.4 is 15.0 Å². The molecule has 0 radical (unpaired) electrons. The van der Waals surface area contributed by atoms with E-state index in [0.29, 0.717) is 18.8 Å². The Morgan fingerprint density at radius 1 is 1.03 bits per heavy atom. The number of ether oxygens (including phenoxy) is 1. The predicted molar refractivity (Wildman–Crippen MR) is 128 cm³/mol. The molecule has 1 aliphatic rings. The number of carbonyl (C=O) groups is 1. The SMILES string of the molecule is CCN(CC)S(=O)(=O)c1ccc(N2CCCCC2)c(NC(=O)Cc2ccc(OC)cc2)c1. The first-order valence-corrected chi connectivity index (χ1v) is 12.6. The number of benzene rings is 2. The molecule has 2 aromatic rings. The van der Waals surface area contributed by atoms with E-state index >= 15 is 0 Å². The Hall–Kier alpha value is -2.58. The maximum absolute atomic E-state index is 13.1. The van der Waals surface area contributed by atoms with E-state index in [9.17, 15) is 13.2 Å². The van der Waals surface area contributed by atoms with E-state index in [1.165, 1.54) is 10.7 Å². The van der Waals surface area contributed by atoms with E-state index in [1.807, 2.05) is 44.2 Å². The molecule has 174 valence electrons. The van der Waals surface area contributed by atoms with Crippen molar-refractivity contribution in [2.45, 2.75) is 44.4 Å². The molecule has 32 heavy (non-hydrogen) atoms. The maximum Gasteiger partial charge on any atom is 0.243 e. The summed E-state index contributed by atoms with van der Waals surface area (Å²) in [5.41, 5.74) is 2.26. The van der Waals surface area contributed by atoms with Crippen LogP contribution in [0.3, 0.4) is 0 Å². The monoisotopic (exact) mass is 459 g/mol. The molecule has 0 unspecified atom stereocenters. The summed E-state index contributed by atoms with van der Waals surface area (Å²) in [4.78, 5) is 15.3. The van der Waals surface area contributed by atoms with Gasteiger partial charge in [-0.3, -0.25) is 4.79 Å². The van der Waals surface area contributed by atoms with Crippen LogP contribution in [-0.4, -0.2) is 51.9 Å². The topological polar surface area (TPSA) is 79.0 Å². The standard InChI is InChI=1S/C24H33N3O4S/c1-4-27(5-2)32(29,30)21-13-14-23(26-15-7-6-8-16-26)22(18-21)25-24(28)17-19-9-11-20(31-3)12-10-19/h9-14,18H,4-8,15-17H2,1-3H3,(H,25,28). The molecule has 0 aliphatic carbocycles. The van der Waals surface area contributed by atoms with Gasteiger partial charge < -0.3 is 15.0 Å². The van der Waals surface area contributed by atoms with Crippen LogP contribution in [0, 0.1) is 0 Å². The fourth-order valence-corrected chi connectivity index (χ4v) is 5.51. The Labute approximate surface area is 191 Å². The van der Waals surface area contributed by atoms with Gasteiger partial charge in [0.25, 0.3) is 0 Å². The van der Waals surface area contributed by atoms with Crippen LogP contribution in [0.25, 0.3) is 0 Å². The summed E-state index contributed by atoms with van der Waals surface area (Å²) < 4.78 is 32.7. The van der Waals surface area contributed by atoms with E-state index in [2.05, 4.69) is 10.2 Å². The summed E-state index contributed by atoms with van der Waals surface area (Å²) in [6.45, 7) is 6.21. The third-order valence-electron chi connectivity index (χ3n) is 5.81. The van der Waals surface area contributed by atoms with Crippen molar-refractivity contribution in [3.05, 3.63) is 48.0 Å². The van der Waals surface area contributed by atoms with Gasteiger partial charge in [-0.05, 0) is 55.2 Å². The highest BCUT2D eigenvalue weighted by Crippen LogP contribution is 2.32. The number of rotatable bonds is 9. The number of sulfonamides is 1. The van der Waals surface area contributed by atoms with Crippen molar-refractivity contribution in [3.8, 4) is 5.75 Å². The molecule has 1 fully saturated rings. The predicted octanol–water partition coefficient (Wildman–Crippen LogP) is 3.90. The van der Waals surface area contributed by atoms with Crippen molar-refractivity contribution < 1.29 is 17.9 Å². The van der Waals surface area contributed by atoms with Crippen molar-refractivity contribution in [2.24, 2.45) is 0 Å². The highest BCUT2D eigenvalue weighted by molar-refractivity contribution is 7.89. The average molecular weight is 460 g/mol. The number of piperidine rings is 1. The second-order valence-electron chi connectivity index (χ2n) is 7.89. The van der Waals surface area contributed by atoms with Gasteiger partial charge in [-0.15, -0.1) is 0 Å². The second-order valence-corrected chi connectivity index (χ2v) is 9.83. The molecule has 0 bridgehead atoms. The van der Waals surface area contributed by atoms with Crippen molar-refractivity contribution in [1.29, 1.82) is 0 Å². The van der Waals surface area contributed by atoms with Gasteiger partial charge >= 0.3 is 0 Å². The number of amides is 1. The molecule has 3 rings (SSSR count). The van der Waals surface area contributed by atoms with Crippen LogP contribution in [-0.2, 0) is 21.2 Å². The van der Waals surface area contributed by atoms with Gasteiger partial charge in [0.15, 0.2) is 0 Å². The maximum atomic E-state index is 13.1. The number of hydrogen-bond donors (Lipinski definition) is 1. The molecule has 0 aromatic heterocycles. The fourth-order valence-electron chi connectivity index (χ4n) is 4.02. The number of anilines is 2. The lowest BCUT2D eigenvalue weighted by Crippen LogP contribution is -2.32. The first kappa shape index (κ1) is 24.1. The summed E-state index contributed by atoms with van der Waals surface area (Å²) in [5.74, 6) is 0.543. The molecule has 0 saturated carbocycles. The second kappa shape index (κ2) is 10.8. The van der Waals surface area contributed by atoms with Crippen molar-refractivity contribution >= 4 is 27.3 Å². The molecular weight excluding hydrogens is 426 g/mol. The zero-order valence-electron chi connectivity index (χ0n) is 19.1. The molecule has 7 nitrogen and oxygen atoms in total. The van der Waals surface area contributed by atoms with Crippen LogP contribution >= 0.6 is 0 Å². The number of carbonyl (C=O) groups excluding carboxylic acids is 1. The number of nitrogens with one attached hydrogen (secondary N) is 1. The summed E-state index contributed by atoms with van der Waals surface area (Å²) in [6, 6.07) is 12.4. The number of methoxy groups -OCH3 is 1. The summed E-state index contributed by atoms with van der Waals surface area (Å²) in [7, 11) is -2.02. The van der Waals surface area contributed by atoms with Gasteiger partial charge in [0.05, 0.1) is 29.8 Å². The number of nitrogens with zero attached hydrogens (tertiary/aromatic N) is 2. The first-order chi connectivity index (χ1) is 15.4. The summed E-state index contributed by atoms with van der Waals surface area (Å²) in [6.07, 6.45) is 3.54. The molecule has 0 spiro atoms. The Balaban J connectivity index is 1.89. The van der Waals surface area contributed by atoms with Crippen LogP contribution in [0.4, 0.5) is 11.4 Å². The van der Waals surface area contributed by atoms with E-state index in [-0.39, 0.29) is 17.2 Å². The molecule has 1 amide bonds. The molecule has 1 aliphatic heterocycles. The highest BCUT2D eigenvalue weighted by atomic mass is 32.2. The van der Waals surface area contributed by atoms with Crippen LogP contribution in [0.15, 0.2) is 47.4 Å². The van der Waals surface area contributed by atoms with Crippen LogP contribution in [0.5, 0.6) is 5.75 Å². The molecule has 1 saturated heterocycles. The van der Waals surface area contributed by atoms with Gasteiger partial charge in [-0.2, -0.15) is 4.31 Å². The summed E-state index contributed by atoms with van der Waals surface area (Å²) in [5, 5.41) is 2.98. The van der Waals surface area contributed by atoms with E-state index < -0.39 is 10.0 Å². The molecule has 1 heterocycles. The largest absolute Gasteiger partial charge is 0.497 e. The van der Waals surface area contributed by atoms with Gasteiger partial charge in [0.2, 0.25) is 15.9 Å². The van der Waals surface area contributed by atoms with Gasteiger partial charge in [-0.25, -0.2) is 8.42 Å². The van der Waals surface area contributed by atoms with Crippen molar-refractivity contribution in [1.82, 2.24) is 4.31 Å².